The summed E-state index contributed by atoms with van der Waals surface area (Å²) in [5.41, 5.74) is 4.54. The largest absolute Gasteiger partial charge is 0.487 e. The standard InChI is InChI=1S/C26H24ClN3O2/c1-26(2)15-19-14-21(12-13-23(19)32-26)28-25(31)30-16-22(17-6-4-3-5-7-17)24(29-30)18-8-10-20(27)11-9-18/h3-14,22H,15-16H2,1-2H3,(H,28,31)/t22-/m1/s1. The molecule has 5 rings (SSSR count). The van der Waals surface area contributed by atoms with Crippen LogP contribution >= 0.6 is 11.6 Å². The minimum atomic E-state index is -0.256. The van der Waals surface area contributed by atoms with Crippen LogP contribution in [0.15, 0.2) is 77.9 Å². The number of carbonyl (C=O) groups excluding carboxylic acids is 1. The van der Waals surface area contributed by atoms with Crippen LogP contribution in [0.2, 0.25) is 5.02 Å². The summed E-state index contributed by atoms with van der Waals surface area (Å²) >= 11 is 6.08. The van der Waals surface area contributed by atoms with E-state index in [1.807, 2.05) is 60.7 Å². The zero-order chi connectivity index (χ0) is 22.3. The summed E-state index contributed by atoms with van der Waals surface area (Å²) in [5.74, 6) is 0.860. The van der Waals surface area contributed by atoms with E-state index in [1.54, 1.807) is 0 Å². The van der Waals surface area contributed by atoms with Crippen molar-refractivity contribution in [3.05, 3.63) is 94.5 Å². The van der Waals surface area contributed by atoms with Crippen molar-refractivity contribution in [2.24, 2.45) is 5.10 Å². The molecule has 0 fully saturated rings. The zero-order valence-corrected chi connectivity index (χ0v) is 18.8. The Morgan fingerprint density at radius 1 is 1.09 bits per heavy atom. The lowest BCUT2D eigenvalue weighted by atomic mass is 9.91. The van der Waals surface area contributed by atoms with Crippen LogP contribution in [0.5, 0.6) is 5.75 Å². The molecule has 3 aromatic rings. The van der Waals surface area contributed by atoms with Crippen LogP contribution < -0.4 is 10.1 Å². The van der Waals surface area contributed by atoms with Gasteiger partial charge in [-0.15, -0.1) is 0 Å². The summed E-state index contributed by atoms with van der Waals surface area (Å²) in [5, 5.41) is 9.88. The number of fused-ring (bicyclic) bond motifs is 1. The van der Waals surface area contributed by atoms with Gasteiger partial charge in [0, 0.05) is 28.6 Å². The maximum atomic E-state index is 13.1. The second-order valence-electron chi connectivity index (χ2n) is 8.83. The first kappa shape index (κ1) is 20.6. The molecule has 6 heteroatoms. The molecule has 32 heavy (non-hydrogen) atoms. The predicted octanol–water partition coefficient (Wildman–Crippen LogP) is 6.09. The molecule has 2 heterocycles. The van der Waals surface area contributed by atoms with Crippen molar-refractivity contribution in [2.45, 2.75) is 31.8 Å². The first-order valence-electron chi connectivity index (χ1n) is 10.7. The molecule has 5 nitrogen and oxygen atoms in total. The topological polar surface area (TPSA) is 53.9 Å². The van der Waals surface area contributed by atoms with Gasteiger partial charge in [0.15, 0.2) is 0 Å². The summed E-state index contributed by atoms with van der Waals surface area (Å²) in [7, 11) is 0. The van der Waals surface area contributed by atoms with Crippen molar-refractivity contribution in [3.63, 3.8) is 0 Å². The van der Waals surface area contributed by atoms with Gasteiger partial charge in [0.05, 0.1) is 12.3 Å². The van der Waals surface area contributed by atoms with Crippen molar-refractivity contribution in [1.82, 2.24) is 5.01 Å². The van der Waals surface area contributed by atoms with Gasteiger partial charge in [0.25, 0.3) is 0 Å². The van der Waals surface area contributed by atoms with Crippen LogP contribution in [0, 0.1) is 0 Å². The number of halogens is 1. The van der Waals surface area contributed by atoms with E-state index in [9.17, 15) is 4.79 Å². The molecule has 0 saturated heterocycles. The lowest BCUT2D eigenvalue weighted by Crippen LogP contribution is -2.30. The van der Waals surface area contributed by atoms with Crippen LogP contribution in [-0.4, -0.2) is 28.9 Å². The molecular weight excluding hydrogens is 422 g/mol. The quantitative estimate of drug-likeness (QED) is 0.530. The second kappa shape index (κ2) is 7.99. The SMILES string of the molecule is CC1(C)Cc2cc(NC(=O)N3C[C@H](c4ccccc4)C(c4ccc(Cl)cc4)=N3)ccc2O1. The highest BCUT2D eigenvalue weighted by Gasteiger charge is 2.33. The fourth-order valence-corrected chi connectivity index (χ4v) is 4.46. The number of ether oxygens (including phenoxy) is 1. The smallest absolute Gasteiger partial charge is 0.342 e. The summed E-state index contributed by atoms with van der Waals surface area (Å²) in [6, 6.07) is 23.2. The van der Waals surface area contributed by atoms with E-state index >= 15 is 0 Å². The highest BCUT2D eigenvalue weighted by molar-refractivity contribution is 6.30. The second-order valence-corrected chi connectivity index (χ2v) is 9.27. The number of anilines is 1. The summed E-state index contributed by atoms with van der Waals surface area (Å²) in [4.78, 5) is 13.1. The number of nitrogens with one attached hydrogen (secondary N) is 1. The van der Waals surface area contributed by atoms with Gasteiger partial charge in [-0.05, 0) is 55.3 Å². The molecule has 1 atom stereocenters. The summed E-state index contributed by atoms with van der Waals surface area (Å²) < 4.78 is 5.93. The number of urea groups is 1. The van der Waals surface area contributed by atoms with Crippen molar-refractivity contribution >= 4 is 29.0 Å². The Bertz CT molecular complexity index is 1190. The molecular formula is C26H24ClN3O2. The van der Waals surface area contributed by atoms with Gasteiger partial charge in [-0.3, -0.25) is 0 Å². The molecule has 0 unspecified atom stereocenters. The Labute approximate surface area is 192 Å². The third-order valence-electron chi connectivity index (χ3n) is 5.80. The molecule has 1 N–H and O–H groups in total. The van der Waals surface area contributed by atoms with E-state index < -0.39 is 0 Å². The first-order valence-corrected chi connectivity index (χ1v) is 11.1. The maximum absolute atomic E-state index is 13.1. The molecule has 0 bridgehead atoms. The predicted molar refractivity (Wildman–Crippen MR) is 128 cm³/mol. The molecule has 3 aromatic carbocycles. The molecule has 0 saturated carbocycles. The lowest BCUT2D eigenvalue weighted by Gasteiger charge is -2.16. The average Bonchev–Trinajstić information content (AvgIpc) is 3.35. The van der Waals surface area contributed by atoms with Crippen LogP contribution in [0.4, 0.5) is 10.5 Å². The number of hydrogen-bond donors (Lipinski definition) is 1. The van der Waals surface area contributed by atoms with Gasteiger partial charge in [0.1, 0.15) is 11.4 Å². The third-order valence-corrected chi connectivity index (χ3v) is 6.06. The summed E-state index contributed by atoms with van der Waals surface area (Å²) in [6.07, 6.45) is 0.810. The number of rotatable bonds is 3. The summed E-state index contributed by atoms with van der Waals surface area (Å²) in [6.45, 7) is 4.59. The Kier molecular flexibility index (Phi) is 5.14. The van der Waals surface area contributed by atoms with E-state index in [2.05, 4.69) is 31.3 Å². The van der Waals surface area contributed by atoms with Gasteiger partial charge in [-0.25, -0.2) is 9.80 Å². The molecule has 162 valence electrons. The number of hydrogen-bond acceptors (Lipinski definition) is 3. The molecule has 2 aliphatic heterocycles. The average molecular weight is 446 g/mol. The molecule has 0 spiro atoms. The Morgan fingerprint density at radius 3 is 2.59 bits per heavy atom. The highest BCUT2D eigenvalue weighted by atomic mass is 35.5. The van der Waals surface area contributed by atoms with Crippen LogP contribution in [0.1, 0.15) is 36.5 Å². The van der Waals surface area contributed by atoms with E-state index in [0.717, 1.165) is 40.3 Å². The molecule has 0 radical (unpaired) electrons. The van der Waals surface area contributed by atoms with E-state index in [1.165, 1.54) is 5.01 Å². The van der Waals surface area contributed by atoms with Gasteiger partial charge in [0.2, 0.25) is 0 Å². The number of hydrazone groups is 1. The zero-order valence-electron chi connectivity index (χ0n) is 18.0. The van der Waals surface area contributed by atoms with E-state index in [0.29, 0.717) is 11.6 Å². The molecule has 2 amide bonds. The lowest BCUT2D eigenvalue weighted by molar-refractivity contribution is 0.138. The van der Waals surface area contributed by atoms with E-state index in [4.69, 9.17) is 21.4 Å². The highest BCUT2D eigenvalue weighted by Crippen LogP contribution is 2.36. The number of benzene rings is 3. The Hall–Kier alpha value is -3.31. The van der Waals surface area contributed by atoms with Gasteiger partial charge in [-0.1, -0.05) is 54.1 Å². The van der Waals surface area contributed by atoms with Crippen LogP contribution in [0.25, 0.3) is 0 Å². The van der Waals surface area contributed by atoms with Crippen LogP contribution in [0.3, 0.4) is 0 Å². The number of nitrogens with zero attached hydrogens (tertiary/aromatic N) is 2. The molecule has 0 aliphatic carbocycles. The van der Waals surface area contributed by atoms with Gasteiger partial charge in [-0.2, -0.15) is 5.10 Å². The maximum Gasteiger partial charge on any atom is 0.342 e. The van der Waals surface area contributed by atoms with Crippen molar-refractivity contribution in [2.75, 3.05) is 11.9 Å². The third kappa shape index (κ3) is 4.08. The normalized spacial score (nSPS) is 18.7. The minimum Gasteiger partial charge on any atom is -0.487 e. The molecule has 0 aromatic heterocycles. The fraction of sp³-hybridized carbons (Fsp3) is 0.231. The Morgan fingerprint density at radius 2 is 1.84 bits per heavy atom. The Balaban J connectivity index is 1.40. The minimum absolute atomic E-state index is 0.0163. The number of carbonyl (C=O) groups is 1. The van der Waals surface area contributed by atoms with Gasteiger partial charge >= 0.3 is 6.03 Å². The van der Waals surface area contributed by atoms with Crippen molar-refractivity contribution < 1.29 is 9.53 Å². The fourth-order valence-electron chi connectivity index (χ4n) is 4.33. The van der Waals surface area contributed by atoms with Crippen LogP contribution in [-0.2, 0) is 6.42 Å². The number of amides is 2. The van der Waals surface area contributed by atoms with Crippen molar-refractivity contribution in [1.29, 1.82) is 0 Å². The first-order chi connectivity index (χ1) is 15.4. The van der Waals surface area contributed by atoms with E-state index in [-0.39, 0.29) is 17.6 Å². The van der Waals surface area contributed by atoms with Crippen molar-refractivity contribution in [3.8, 4) is 5.75 Å². The monoisotopic (exact) mass is 445 g/mol. The molecule has 2 aliphatic rings. The van der Waals surface area contributed by atoms with Gasteiger partial charge < -0.3 is 10.1 Å².